The Morgan fingerprint density at radius 2 is 2.00 bits per heavy atom. The lowest BCUT2D eigenvalue weighted by atomic mass is 10.1. The Morgan fingerprint density at radius 1 is 1.31 bits per heavy atom. The summed E-state index contributed by atoms with van der Waals surface area (Å²) >= 11 is 0. The van der Waals surface area contributed by atoms with Crippen LogP contribution in [0.5, 0.6) is 0 Å². The van der Waals surface area contributed by atoms with Gasteiger partial charge in [-0.25, -0.2) is 0 Å². The average Bonchev–Trinajstić information content (AvgIpc) is 2.95. The van der Waals surface area contributed by atoms with Crippen LogP contribution in [0.25, 0.3) is 0 Å². The molecule has 0 saturated carbocycles. The van der Waals surface area contributed by atoms with Crippen LogP contribution in [-0.4, -0.2) is 48.3 Å². The Labute approximate surface area is 155 Å². The zero-order valence-corrected chi connectivity index (χ0v) is 16.3. The van der Waals surface area contributed by atoms with Crippen LogP contribution < -0.4 is 10.2 Å². The first-order chi connectivity index (χ1) is 12.2. The summed E-state index contributed by atoms with van der Waals surface area (Å²) in [7, 11) is 0. The summed E-state index contributed by atoms with van der Waals surface area (Å²) in [4.78, 5) is 40.6. The van der Waals surface area contributed by atoms with Gasteiger partial charge in [-0.2, -0.15) is 0 Å². The number of likely N-dealkylation sites (N-methyl/N-ethyl adjacent to an activating group) is 1. The van der Waals surface area contributed by atoms with Gasteiger partial charge < -0.3 is 15.1 Å². The number of anilines is 1. The molecule has 3 amide bonds. The molecule has 1 fully saturated rings. The van der Waals surface area contributed by atoms with Crippen LogP contribution in [-0.2, 0) is 14.4 Å². The van der Waals surface area contributed by atoms with Gasteiger partial charge in [0.1, 0.15) is 0 Å². The molecular formula is C20H29N3O3. The summed E-state index contributed by atoms with van der Waals surface area (Å²) in [6.45, 7) is 10.4. The molecule has 1 saturated heterocycles. The normalized spacial score (nSPS) is 16.9. The molecule has 6 nitrogen and oxygen atoms in total. The number of nitrogens with one attached hydrogen (secondary N) is 1. The van der Waals surface area contributed by atoms with Gasteiger partial charge in [0.25, 0.3) is 0 Å². The second-order valence-corrected chi connectivity index (χ2v) is 7.20. The lowest BCUT2D eigenvalue weighted by Gasteiger charge is -2.24. The number of rotatable bonds is 6. The lowest BCUT2D eigenvalue weighted by Crippen LogP contribution is -2.45. The number of nitrogens with zero attached hydrogens (tertiary/aromatic N) is 2. The number of carbonyl (C=O) groups is 3. The van der Waals surface area contributed by atoms with E-state index in [1.165, 1.54) is 4.90 Å². The molecule has 26 heavy (non-hydrogen) atoms. The number of benzene rings is 1. The number of hydrogen-bond donors (Lipinski definition) is 1. The summed E-state index contributed by atoms with van der Waals surface area (Å²) in [6.07, 6.45) is 0.189. The molecule has 1 aliphatic rings. The first-order valence-corrected chi connectivity index (χ1v) is 9.19. The monoisotopic (exact) mass is 359 g/mol. The first-order valence-electron chi connectivity index (χ1n) is 9.19. The Balaban J connectivity index is 2.09. The van der Waals surface area contributed by atoms with Crippen LogP contribution in [0.4, 0.5) is 5.69 Å². The Kier molecular flexibility index (Phi) is 6.40. The minimum atomic E-state index is -0.408. The van der Waals surface area contributed by atoms with Gasteiger partial charge in [0.05, 0.1) is 12.5 Å². The average molecular weight is 359 g/mol. The van der Waals surface area contributed by atoms with E-state index in [0.717, 1.165) is 16.8 Å². The highest BCUT2D eigenvalue weighted by Crippen LogP contribution is 2.30. The summed E-state index contributed by atoms with van der Waals surface area (Å²) in [5.74, 6) is -0.757. The molecule has 142 valence electrons. The molecule has 1 aliphatic heterocycles. The van der Waals surface area contributed by atoms with Crippen molar-refractivity contribution in [2.75, 3.05) is 24.5 Å². The lowest BCUT2D eigenvalue weighted by molar-refractivity contribution is -0.139. The van der Waals surface area contributed by atoms with Crippen LogP contribution in [0.2, 0.25) is 0 Å². The number of hydrogen-bond acceptors (Lipinski definition) is 3. The Hall–Kier alpha value is -2.37. The molecule has 1 heterocycles. The van der Waals surface area contributed by atoms with Gasteiger partial charge in [0, 0.05) is 31.2 Å². The fourth-order valence-corrected chi connectivity index (χ4v) is 3.28. The van der Waals surface area contributed by atoms with Crippen molar-refractivity contribution in [3.63, 3.8) is 0 Å². The van der Waals surface area contributed by atoms with Gasteiger partial charge in [0.2, 0.25) is 17.7 Å². The second kappa shape index (κ2) is 8.34. The zero-order chi connectivity index (χ0) is 19.4. The van der Waals surface area contributed by atoms with Crippen LogP contribution in [0.3, 0.4) is 0 Å². The SMILES string of the molecule is CCN(CC(=O)NC(C)C)C(=O)C1CC(=O)N(c2cccc(C)c2C)C1. The highest BCUT2D eigenvalue weighted by molar-refractivity contribution is 6.01. The van der Waals surface area contributed by atoms with Gasteiger partial charge in [-0.15, -0.1) is 0 Å². The molecule has 2 rings (SSSR count). The van der Waals surface area contributed by atoms with Crippen molar-refractivity contribution < 1.29 is 14.4 Å². The van der Waals surface area contributed by atoms with Crippen molar-refractivity contribution in [2.45, 2.75) is 47.1 Å². The largest absolute Gasteiger partial charge is 0.352 e. The number of aryl methyl sites for hydroxylation is 1. The molecule has 1 atom stereocenters. The summed E-state index contributed by atoms with van der Waals surface area (Å²) < 4.78 is 0. The molecule has 6 heteroatoms. The fourth-order valence-electron chi connectivity index (χ4n) is 3.28. The van der Waals surface area contributed by atoms with Gasteiger partial charge >= 0.3 is 0 Å². The third kappa shape index (κ3) is 4.42. The van der Waals surface area contributed by atoms with Gasteiger partial charge in [-0.3, -0.25) is 14.4 Å². The van der Waals surface area contributed by atoms with Crippen molar-refractivity contribution in [1.82, 2.24) is 10.2 Å². The highest BCUT2D eigenvalue weighted by Gasteiger charge is 2.37. The molecule has 1 unspecified atom stereocenters. The van der Waals surface area contributed by atoms with E-state index in [1.54, 1.807) is 4.90 Å². The fraction of sp³-hybridized carbons (Fsp3) is 0.550. The smallest absolute Gasteiger partial charge is 0.239 e. The summed E-state index contributed by atoms with van der Waals surface area (Å²) in [5.41, 5.74) is 3.04. The maximum Gasteiger partial charge on any atom is 0.239 e. The molecule has 1 N–H and O–H groups in total. The van der Waals surface area contributed by atoms with Crippen molar-refractivity contribution in [1.29, 1.82) is 0 Å². The zero-order valence-electron chi connectivity index (χ0n) is 16.3. The summed E-state index contributed by atoms with van der Waals surface area (Å²) in [6, 6.07) is 5.88. The van der Waals surface area contributed by atoms with E-state index in [4.69, 9.17) is 0 Å². The van der Waals surface area contributed by atoms with E-state index in [1.807, 2.05) is 52.8 Å². The van der Waals surface area contributed by atoms with Crippen molar-refractivity contribution in [3.05, 3.63) is 29.3 Å². The van der Waals surface area contributed by atoms with Crippen LogP contribution in [0, 0.1) is 19.8 Å². The Bertz CT molecular complexity index is 700. The van der Waals surface area contributed by atoms with E-state index < -0.39 is 5.92 Å². The standard InChI is InChI=1S/C20H29N3O3/c1-6-22(12-18(24)21-13(2)3)20(26)16-10-19(25)23(11-16)17-9-7-8-14(4)15(17)5/h7-9,13,16H,6,10-12H2,1-5H3,(H,21,24). The molecule has 0 bridgehead atoms. The quantitative estimate of drug-likeness (QED) is 0.845. The highest BCUT2D eigenvalue weighted by atomic mass is 16.2. The minimum Gasteiger partial charge on any atom is -0.352 e. The van der Waals surface area contributed by atoms with Crippen molar-refractivity contribution >= 4 is 23.4 Å². The molecule has 1 aromatic rings. The topological polar surface area (TPSA) is 69.7 Å². The molecule has 1 aromatic carbocycles. The molecule has 0 aromatic heterocycles. The van der Waals surface area contributed by atoms with Gasteiger partial charge in [0.15, 0.2) is 0 Å². The van der Waals surface area contributed by atoms with Gasteiger partial charge in [-0.05, 0) is 51.8 Å². The second-order valence-electron chi connectivity index (χ2n) is 7.20. The van der Waals surface area contributed by atoms with Crippen LogP contribution in [0.1, 0.15) is 38.3 Å². The molecule has 0 aliphatic carbocycles. The number of carbonyl (C=O) groups excluding carboxylic acids is 3. The maximum atomic E-state index is 12.8. The van der Waals surface area contributed by atoms with E-state index in [2.05, 4.69) is 5.32 Å². The van der Waals surface area contributed by atoms with Crippen molar-refractivity contribution in [2.24, 2.45) is 5.92 Å². The third-order valence-electron chi connectivity index (χ3n) is 4.82. The molecule has 0 spiro atoms. The first kappa shape index (κ1) is 19.9. The van der Waals surface area contributed by atoms with Crippen molar-refractivity contribution in [3.8, 4) is 0 Å². The molecule has 0 radical (unpaired) electrons. The predicted molar refractivity (Wildman–Crippen MR) is 102 cm³/mol. The van der Waals surface area contributed by atoms with E-state index in [9.17, 15) is 14.4 Å². The van der Waals surface area contributed by atoms with Crippen LogP contribution >= 0.6 is 0 Å². The van der Waals surface area contributed by atoms with E-state index in [-0.39, 0.29) is 36.7 Å². The maximum absolute atomic E-state index is 12.8. The minimum absolute atomic E-state index is 0.0294. The Morgan fingerprint density at radius 3 is 2.62 bits per heavy atom. The predicted octanol–water partition coefficient (Wildman–Crippen LogP) is 2.03. The number of amides is 3. The van der Waals surface area contributed by atoms with Gasteiger partial charge in [-0.1, -0.05) is 12.1 Å². The third-order valence-corrected chi connectivity index (χ3v) is 4.82. The van der Waals surface area contributed by atoms with E-state index in [0.29, 0.717) is 13.1 Å². The van der Waals surface area contributed by atoms with Crippen LogP contribution in [0.15, 0.2) is 18.2 Å². The summed E-state index contributed by atoms with van der Waals surface area (Å²) in [5, 5.41) is 2.80. The molecular weight excluding hydrogens is 330 g/mol. The van der Waals surface area contributed by atoms with E-state index >= 15 is 0 Å².